The van der Waals surface area contributed by atoms with E-state index in [-0.39, 0.29) is 5.69 Å². The van der Waals surface area contributed by atoms with E-state index in [1.807, 2.05) is 0 Å². The Labute approximate surface area is 142 Å². The Balaban J connectivity index is 1.63. The molecule has 2 unspecified atom stereocenters. The summed E-state index contributed by atoms with van der Waals surface area (Å²) in [5.41, 5.74) is 2.42. The van der Waals surface area contributed by atoms with Crippen LogP contribution in [0, 0.1) is 5.92 Å². The zero-order valence-corrected chi connectivity index (χ0v) is 14.1. The quantitative estimate of drug-likeness (QED) is 0.856. The number of aromatic carboxylic acids is 1. The van der Waals surface area contributed by atoms with Crippen molar-refractivity contribution in [2.75, 3.05) is 0 Å². The van der Waals surface area contributed by atoms with E-state index in [1.54, 1.807) is 17.8 Å². The first-order valence-electron chi connectivity index (χ1n) is 8.67. The number of hydrogen-bond acceptors (Lipinski definition) is 3. The Morgan fingerprint density at radius 1 is 1.29 bits per heavy atom. The second-order valence-corrected chi connectivity index (χ2v) is 6.67. The third-order valence-corrected chi connectivity index (χ3v) is 4.99. The number of carboxylic acid groups (broad SMARTS) is 1. The van der Waals surface area contributed by atoms with Crippen molar-refractivity contribution in [3.8, 4) is 0 Å². The molecule has 0 amide bonds. The first-order chi connectivity index (χ1) is 11.6. The number of hydrogen-bond donors (Lipinski definition) is 2. The molecule has 1 heterocycles. The van der Waals surface area contributed by atoms with Gasteiger partial charge in [-0.15, -0.1) is 0 Å². The smallest absolute Gasteiger partial charge is 0.356 e. The largest absolute Gasteiger partial charge is 0.476 e. The summed E-state index contributed by atoms with van der Waals surface area (Å²) in [5.74, 6) is -0.343. The molecule has 5 heteroatoms. The van der Waals surface area contributed by atoms with E-state index in [4.69, 9.17) is 5.11 Å². The van der Waals surface area contributed by atoms with Crippen LogP contribution in [0.5, 0.6) is 0 Å². The molecule has 1 aliphatic carbocycles. The number of carbonyl (C=O) groups is 1. The fraction of sp³-hybridized carbons (Fsp3) is 0.474. The summed E-state index contributed by atoms with van der Waals surface area (Å²) in [4.78, 5) is 11.0. The summed E-state index contributed by atoms with van der Waals surface area (Å²) in [5, 5.41) is 16.7. The van der Waals surface area contributed by atoms with Crippen molar-refractivity contribution < 1.29 is 9.90 Å². The highest BCUT2D eigenvalue weighted by atomic mass is 16.4. The van der Waals surface area contributed by atoms with Gasteiger partial charge in [0.2, 0.25) is 0 Å². The molecule has 0 aliphatic heterocycles. The number of carboxylic acids is 1. The molecule has 3 rings (SSSR count). The molecule has 1 fully saturated rings. The highest BCUT2D eigenvalue weighted by Gasteiger charge is 2.25. The van der Waals surface area contributed by atoms with Gasteiger partial charge in [-0.3, -0.25) is 4.68 Å². The maximum Gasteiger partial charge on any atom is 0.356 e. The van der Waals surface area contributed by atoms with Crippen LogP contribution >= 0.6 is 0 Å². The van der Waals surface area contributed by atoms with Crippen LogP contribution in [-0.4, -0.2) is 26.9 Å². The third-order valence-electron chi connectivity index (χ3n) is 4.99. The Kier molecular flexibility index (Phi) is 5.30. The molecule has 0 saturated heterocycles. The topological polar surface area (TPSA) is 67.2 Å². The van der Waals surface area contributed by atoms with Crippen LogP contribution in [0.3, 0.4) is 0 Å². The Morgan fingerprint density at radius 2 is 2.04 bits per heavy atom. The van der Waals surface area contributed by atoms with E-state index >= 15 is 0 Å². The van der Waals surface area contributed by atoms with E-state index in [0.29, 0.717) is 18.5 Å². The van der Waals surface area contributed by atoms with Crippen molar-refractivity contribution in [1.82, 2.24) is 15.1 Å². The van der Waals surface area contributed by atoms with Crippen LogP contribution in [0.15, 0.2) is 36.4 Å². The minimum absolute atomic E-state index is 0.110. The lowest BCUT2D eigenvalue weighted by Crippen LogP contribution is -2.39. The zero-order chi connectivity index (χ0) is 16.9. The Morgan fingerprint density at radius 3 is 2.75 bits per heavy atom. The summed E-state index contributed by atoms with van der Waals surface area (Å²) in [6.45, 7) is 0.659. The lowest BCUT2D eigenvalue weighted by Gasteiger charge is -2.32. The molecule has 1 aromatic heterocycles. The van der Waals surface area contributed by atoms with Crippen molar-refractivity contribution >= 4 is 5.97 Å². The SMILES string of the molecule is Cn1nc(C(=O)O)cc1CNC1CCCCC1Cc1ccccc1. The monoisotopic (exact) mass is 327 g/mol. The van der Waals surface area contributed by atoms with Crippen LogP contribution in [0.1, 0.15) is 47.4 Å². The minimum atomic E-state index is -0.975. The molecular formula is C19H25N3O2. The van der Waals surface area contributed by atoms with Gasteiger partial charge in [0.15, 0.2) is 5.69 Å². The summed E-state index contributed by atoms with van der Waals surface area (Å²) >= 11 is 0. The molecule has 0 bridgehead atoms. The Hall–Kier alpha value is -2.14. The molecule has 0 spiro atoms. The zero-order valence-electron chi connectivity index (χ0n) is 14.1. The van der Waals surface area contributed by atoms with Gasteiger partial charge >= 0.3 is 5.97 Å². The van der Waals surface area contributed by atoms with Gasteiger partial charge < -0.3 is 10.4 Å². The highest BCUT2D eigenvalue weighted by Crippen LogP contribution is 2.28. The molecule has 2 atom stereocenters. The van der Waals surface area contributed by atoms with Crippen molar-refractivity contribution in [1.29, 1.82) is 0 Å². The molecule has 128 valence electrons. The average molecular weight is 327 g/mol. The number of nitrogens with one attached hydrogen (secondary N) is 1. The van der Waals surface area contributed by atoms with E-state index in [9.17, 15) is 4.79 Å². The van der Waals surface area contributed by atoms with Gasteiger partial charge in [-0.25, -0.2) is 4.79 Å². The molecule has 1 aliphatic rings. The van der Waals surface area contributed by atoms with Crippen LogP contribution in [0.25, 0.3) is 0 Å². The van der Waals surface area contributed by atoms with Crippen LogP contribution < -0.4 is 5.32 Å². The van der Waals surface area contributed by atoms with Gasteiger partial charge in [0.25, 0.3) is 0 Å². The average Bonchev–Trinajstić information content (AvgIpc) is 2.96. The van der Waals surface area contributed by atoms with E-state index in [2.05, 4.69) is 40.7 Å². The molecule has 2 aromatic rings. The van der Waals surface area contributed by atoms with Crippen molar-refractivity contribution in [3.05, 3.63) is 53.3 Å². The Bertz CT molecular complexity index is 681. The normalized spacial score (nSPS) is 20.9. The van der Waals surface area contributed by atoms with Gasteiger partial charge in [0.05, 0.1) is 5.69 Å². The van der Waals surface area contributed by atoms with Gasteiger partial charge in [-0.2, -0.15) is 5.10 Å². The summed E-state index contributed by atoms with van der Waals surface area (Å²) in [7, 11) is 1.80. The van der Waals surface area contributed by atoms with Crippen molar-refractivity contribution in [3.63, 3.8) is 0 Å². The number of aromatic nitrogens is 2. The molecule has 2 N–H and O–H groups in total. The van der Waals surface area contributed by atoms with Crippen molar-refractivity contribution in [2.24, 2.45) is 13.0 Å². The lowest BCUT2D eigenvalue weighted by atomic mass is 9.80. The molecular weight excluding hydrogens is 302 g/mol. The number of rotatable bonds is 6. The molecule has 5 nitrogen and oxygen atoms in total. The predicted octanol–water partition coefficient (Wildman–Crippen LogP) is 3.01. The van der Waals surface area contributed by atoms with E-state index < -0.39 is 5.97 Å². The summed E-state index contributed by atoms with van der Waals surface area (Å²) < 4.78 is 1.66. The highest BCUT2D eigenvalue weighted by molar-refractivity contribution is 5.85. The molecule has 1 saturated carbocycles. The van der Waals surface area contributed by atoms with Crippen LogP contribution in [0.4, 0.5) is 0 Å². The van der Waals surface area contributed by atoms with Gasteiger partial charge in [0.1, 0.15) is 0 Å². The molecule has 24 heavy (non-hydrogen) atoms. The van der Waals surface area contributed by atoms with E-state index in [0.717, 1.165) is 12.1 Å². The van der Waals surface area contributed by atoms with Gasteiger partial charge in [-0.1, -0.05) is 43.2 Å². The summed E-state index contributed by atoms with van der Waals surface area (Å²) in [6.07, 6.45) is 6.09. The predicted molar refractivity (Wildman–Crippen MR) is 92.9 cm³/mol. The maximum absolute atomic E-state index is 11.0. The second-order valence-electron chi connectivity index (χ2n) is 6.67. The maximum atomic E-state index is 11.0. The minimum Gasteiger partial charge on any atom is -0.476 e. The lowest BCUT2D eigenvalue weighted by molar-refractivity contribution is 0.0689. The van der Waals surface area contributed by atoms with E-state index in [1.165, 1.54) is 31.2 Å². The van der Waals surface area contributed by atoms with Crippen LogP contribution in [-0.2, 0) is 20.0 Å². The first kappa shape index (κ1) is 16.7. The van der Waals surface area contributed by atoms with Crippen LogP contribution in [0.2, 0.25) is 0 Å². The third kappa shape index (κ3) is 4.03. The second kappa shape index (κ2) is 7.62. The van der Waals surface area contributed by atoms with Crippen molar-refractivity contribution in [2.45, 2.75) is 44.7 Å². The summed E-state index contributed by atoms with van der Waals surface area (Å²) in [6, 6.07) is 12.8. The number of nitrogens with zero attached hydrogens (tertiary/aromatic N) is 2. The number of benzene rings is 1. The first-order valence-corrected chi connectivity index (χ1v) is 8.67. The standard InChI is InChI=1S/C19H25N3O2/c1-22-16(12-18(21-22)19(23)24)13-20-17-10-6-5-9-15(17)11-14-7-3-2-4-8-14/h2-4,7-8,12,15,17,20H,5-6,9-11,13H2,1H3,(H,23,24). The molecule has 0 radical (unpaired) electrons. The fourth-order valence-electron chi connectivity index (χ4n) is 3.65. The molecule has 1 aromatic carbocycles. The van der Waals surface area contributed by atoms with Gasteiger partial charge in [-0.05, 0) is 36.8 Å². The fourth-order valence-corrected chi connectivity index (χ4v) is 3.65. The van der Waals surface area contributed by atoms with Gasteiger partial charge in [0, 0.05) is 19.6 Å². The number of aryl methyl sites for hydroxylation is 1.